The number of amides is 1. The molecule has 0 saturated carbocycles. The Hall–Kier alpha value is -3.05. The van der Waals surface area contributed by atoms with Gasteiger partial charge in [-0.1, -0.05) is 30.3 Å². The average Bonchev–Trinajstić information content (AvgIpc) is 2.90. The van der Waals surface area contributed by atoms with E-state index in [-0.39, 0.29) is 11.8 Å². The lowest BCUT2D eigenvalue weighted by Gasteiger charge is -2.23. The summed E-state index contributed by atoms with van der Waals surface area (Å²) < 4.78 is 0. The highest BCUT2D eigenvalue weighted by Crippen LogP contribution is 2.22. The van der Waals surface area contributed by atoms with Crippen molar-refractivity contribution >= 4 is 5.91 Å². The Morgan fingerprint density at radius 2 is 1.69 bits per heavy atom. The van der Waals surface area contributed by atoms with E-state index in [1.54, 1.807) is 6.20 Å². The van der Waals surface area contributed by atoms with Crippen LogP contribution >= 0.6 is 0 Å². The van der Waals surface area contributed by atoms with Crippen molar-refractivity contribution in [1.29, 1.82) is 0 Å². The molecule has 148 valence electrons. The minimum absolute atomic E-state index is 0.0337. The number of aromatic nitrogens is 2. The van der Waals surface area contributed by atoms with Crippen LogP contribution in [0.2, 0.25) is 0 Å². The minimum atomic E-state index is -0.0337. The molecule has 0 unspecified atom stereocenters. The van der Waals surface area contributed by atoms with Crippen LogP contribution in [0.1, 0.15) is 11.1 Å². The fraction of sp³-hybridized carbons (Fsp3) is 0.292. The Morgan fingerprint density at radius 3 is 2.41 bits per heavy atom. The fourth-order valence-electron chi connectivity index (χ4n) is 3.89. The molecular weight excluding hydrogens is 360 g/mol. The standard InChI is InChI=1S/C24H26N4O/c1-27-13-14-28(17-20-8-11-25-12-9-20)18-23(24(27)29)15-19-4-6-21(7-5-19)22-3-2-10-26-16-22/h2-12,16,23H,13-15,17-18H2,1H3/t23-/m1/s1. The molecule has 1 aliphatic heterocycles. The van der Waals surface area contributed by atoms with Crippen molar-refractivity contribution in [3.8, 4) is 11.1 Å². The smallest absolute Gasteiger partial charge is 0.227 e. The van der Waals surface area contributed by atoms with E-state index < -0.39 is 0 Å². The quantitative estimate of drug-likeness (QED) is 0.675. The number of hydrogen-bond acceptors (Lipinski definition) is 4. The van der Waals surface area contributed by atoms with Crippen LogP contribution < -0.4 is 0 Å². The molecule has 1 saturated heterocycles. The zero-order valence-electron chi connectivity index (χ0n) is 16.7. The predicted molar refractivity (Wildman–Crippen MR) is 114 cm³/mol. The van der Waals surface area contributed by atoms with Gasteiger partial charge in [0.2, 0.25) is 5.91 Å². The van der Waals surface area contributed by atoms with Crippen LogP contribution in [-0.4, -0.2) is 52.4 Å². The second-order valence-corrected chi connectivity index (χ2v) is 7.69. The van der Waals surface area contributed by atoms with Gasteiger partial charge >= 0.3 is 0 Å². The number of rotatable bonds is 5. The maximum atomic E-state index is 12.9. The van der Waals surface area contributed by atoms with Gasteiger partial charge < -0.3 is 4.90 Å². The molecule has 1 aliphatic rings. The maximum Gasteiger partial charge on any atom is 0.227 e. The summed E-state index contributed by atoms with van der Waals surface area (Å²) in [7, 11) is 1.91. The Kier molecular flexibility index (Phi) is 5.96. The molecule has 3 aromatic rings. The van der Waals surface area contributed by atoms with Crippen molar-refractivity contribution in [3.05, 3.63) is 84.4 Å². The molecule has 29 heavy (non-hydrogen) atoms. The number of carbonyl (C=O) groups is 1. The molecule has 2 aromatic heterocycles. The molecule has 5 nitrogen and oxygen atoms in total. The SMILES string of the molecule is CN1CCN(Cc2ccncc2)C[C@@H](Cc2ccc(-c3cccnc3)cc2)C1=O. The Morgan fingerprint density at radius 1 is 0.897 bits per heavy atom. The summed E-state index contributed by atoms with van der Waals surface area (Å²) >= 11 is 0. The fourth-order valence-corrected chi connectivity index (χ4v) is 3.89. The summed E-state index contributed by atoms with van der Waals surface area (Å²) in [5.41, 5.74) is 4.67. The number of pyridine rings is 2. The average molecular weight is 386 g/mol. The third-order valence-corrected chi connectivity index (χ3v) is 5.54. The van der Waals surface area contributed by atoms with Crippen molar-refractivity contribution in [2.24, 2.45) is 5.92 Å². The summed E-state index contributed by atoms with van der Waals surface area (Å²) in [5.74, 6) is 0.201. The molecule has 1 fully saturated rings. The molecule has 1 atom stereocenters. The Bertz CT molecular complexity index is 928. The zero-order valence-corrected chi connectivity index (χ0v) is 16.7. The molecule has 1 aromatic carbocycles. The zero-order chi connectivity index (χ0) is 20.1. The van der Waals surface area contributed by atoms with Gasteiger partial charge in [-0.05, 0) is 46.9 Å². The second-order valence-electron chi connectivity index (χ2n) is 7.69. The van der Waals surface area contributed by atoms with E-state index in [9.17, 15) is 4.79 Å². The topological polar surface area (TPSA) is 49.3 Å². The van der Waals surface area contributed by atoms with Gasteiger partial charge in [0.1, 0.15) is 0 Å². The molecular formula is C24H26N4O. The predicted octanol–water partition coefficient (Wildman–Crippen LogP) is 3.28. The van der Waals surface area contributed by atoms with Gasteiger partial charge in [-0.15, -0.1) is 0 Å². The van der Waals surface area contributed by atoms with Gasteiger partial charge in [0, 0.05) is 58.0 Å². The maximum absolute atomic E-state index is 12.9. The molecule has 0 bridgehead atoms. The summed E-state index contributed by atoms with van der Waals surface area (Å²) in [5, 5.41) is 0. The minimum Gasteiger partial charge on any atom is -0.344 e. The van der Waals surface area contributed by atoms with E-state index in [2.05, 4.69) is 45.2 Å². The first-order valence-electron chi connectivity index (χ1n) is 10.0. The van der Waals surface area contributed by atoms with E-state index in [1.807, 2.05) is 48.7 Å². The molecule has 0 radical (unpaired) electrons. The first kappa shape index (κ1) is 19.3. The first-order chi connectivity index (χ1) is 14.2. The number of carbonyl (C=O) groups excluding carboxylic acids is 1. The highest BCUT2D eigenvalue weighted by atomic mass is 16.2. The molecule has 0 aliphatic carbocycles. The van der Waals surface area contributed by atoms with Crippen LogP contribution in [0.15, 0.2) is 73.3 Å². The summed E-state index contributed by atoms with van der Waals surface area (Å²) in [6, 6.07) is 16.6. The van der Waals surface area contributed by atoms with Crippen LogP contribution in [0, 0.1) is 5.92 Å². The summed E-state index contributed by atoms with van der Waals surface area (Å²) in [4.78, 5) is 25.5. The van der Waals surface area contributed by atoms with Crippen molar-refractivity contribution < 1.29 is 4.79 Å². The lowest BCUT2D eigenvalue weighted by atomic mass is 9.96. The second kappa shape index (κ2) is 8.97. The van der Waals surface area contributed by atoms with Gasteiger partial charge in [0.05, 0.1) is 5.92 Å². The van der Waals surface area contributed by atoms with Crippen LogP contribution in [0.4, 0.5) is 0 Å². The summed E-state index contributed by atoms with van der Waals surface area (Å²) in [6.07, 6.45) is 8.06. The molecule has 0 spiro atoms. The van der Waals surface area contributed by atoms with Crippen molar-refractivity contribution in [2.45, 2.75) is 13.0 Å². The molecule has 5 heteroatoms. The van der Waals surface area contributed by atoms with Crippen LogP contribution in [0.3, 0.4) is 0 Å². The highest BCUT2D eigenvalue weighted by molar-refractivity contribution is 5.79. The van der Waals surface area contributed by atoms with Crippen molar-refractivity contribution in [3.63, 3.8) is 0 Å². The third kappa shape index (κ3) is 4.87. The van der Waals surface area contributed by atoms with Gasteiger partial charge in [0.15, 0.2) is 0 Å². The van der Waals surface area contributed by atoms with E-state index in [4.69, 9.17) is 0 Å². The van der Waals surface area contributed by atoms with E-state index in [0.717, 1.165) is 43.7 Å². The van der Waals surface area contributed by atoms with Crippen molar-refractivity contribution in [2.75, 3.05) is 26.7 Å². The molecule has 0 N–H and O–H groups in total. The number of likely N-dealkylation sites (N-methyl/N-ethyl adjacent to an activating group) is 1. The lowest BCUT2D eigenvalue weighted by Crippen LogP contribution is -2.34. The van der Waals surface area contributed by atoms with Gasteiger partial charge in [-0.25, -0.2) is 0 Å². The van der Waals surface area contributed by atoms with Crippen LogP contribution in [0.25, 0.3) is 11.1 Å². The Balaban J connectivity index is 1.47. The highest BCUT2D eigenvalue weighted by Gasteiger charge is 2.28. The van der Waals surface area contributed by atoms with Crippen LogP contribution in [-0.2, 0) is 17.8 Å². The molecule has 3 heterocycles. The van der Waals surface area contributed by atoms with Gasteiger partial charge in [-0.2, -0.15) is 0 Å². The normalized spacial score (nSPS) is 17.9. The number of benzene rings is 1. The van der Waals surface area contributed by atoms with E-state index in [0.29, 0.717) is 0 Å². The van der Waals surface area contributed by atoms with E-state index >= 15 is 0 Å². The first-order valence-corrected chi connectivity index (χ1v) is 10.0. The monoisotopic (exact) mass is 386 g/mol. The molecule has 1 amide bonds. The number of hydrogen-bond donors (Lipinski definition) is 0. The third-order valence-electron chi connectivity index (χ3n) is 5.54. The van der Waals surface area contributed by atoms with Gasteiger partial charge in [-0.3, -0.25) is 19.7 Å². The van der Waals surface area contributed by atoms with Crippen LogP contribution in [0.5, 0.6) is 0 Å². The number of nitrogens with zero attached hydrogens (tertiary/aromatic N) is 4. The van der Waals surface area contributed by atoms with E-state index in [1.165, 1.54) is 11.1 Å². The lowest BCUT2D eigenvalue weighted by molar-refractivity contribution is -0.133. The van der Waals surface area contributed by atoms with Gasteiger partial charge in [0.25, 0.3) is 0 Å². The van der Waals surface area contributed by atoms with Crippen molar-refractivity contribution in [1.82, 2.24) is 19.8 Å². The Labute approximate surface area is 172 Å². The largest absolute Gasteiger partial charge is 0.344 e. The molecule has 4 rings (SSSR count). The summed E-state index contributed by atoms with van der Waals surface area (Å²) in [6.45, 7) is 3.28.